The summed E-state index contributed by atoms with van der Waals surface area (Å²) in [6, 6.07) is -0.0674. The molecule has 0 radical (unpaired) electrons. The molecular weight excluding hydrogens is 364 g/mol. The average molecular weight is 397 g/mol. The van der Waals surface area contributed by atoms with Crippen LogP contribution >= 0.6 is 12.4 Å². The van der Waals surface area contributed by atoms with Crippen molar-refractivity contribution in [2.45, 2.75) is 50.5 Å². The molecule has 7 heteroatoms. The fourth-order valence-corrected chi connectivity index (χ4v) is 7.05. The lowest BCUT2D eigenvalue weighted by Crippen LogP contribution is -2.61. The standard InChI is InChI=1S/C20H32N4O2.ClH/c25-18(24-11-16-9-21-10-17(16)12-24)1-2-22-19(26)23-20-6-13-3-14(7-20)5-15(4-13)8-20;/h13-17,21H,1-12H2,(H2,22,23,26);1H/t13?,14?,15?,16-,17+,20?;. The predicted octanol–water partition coefficient (Wildman–Crippen LogP) is 1.74. The van der Waals surface area contributed by atoms with Crippen molar-refractivity contribution in [3.05, 3.63) is 0 Å². The molecule has 0 spiro atoms. The van der Waals surface area contributed by atoms with Crippen molar-refractivity contribution in [1.29, 1.82) is 0 Å². The number of urea groups is 1. The minimum atomic E-state index is -0.0674. The number of amides is 3. The van der Waals surface area contributed by atoms with Crippen LogP contribution in [0.3, 0.4) is 0 Å². The first kappa shape index (κ1) is 19.3. The van der Waals surface area contributed by atoms with E-state index in [2.05, 4.69) is 16.0 Å². The van der Waals surface area contributed by atoms with Gasteiger partial charge in [0.05, 0.1) is 0 Å². The van der Waals surface area contributed by atoms with Crippen LogP contribution in [0.2, 0.25) is 0 Å². The first-order chi connectivity index (χ1) is 12.6. The van der Waals surface area contributed by atoms with E-state index in [0.29, 0.717) is 24.8 Å². The van der Waals surface area contributed by atoms with Gasteiger partial charge in [0.15, 0.2) is 0 Å². The molecule has 6 fully saturated rings. The summed E-state index contributed by atoms with van der Waals surface area (Å²) in [5.74, 6) is 3.93. The summed E-state index contributed by atoms with van der Waals surface area (Å²) in [4.78, 5) is 26.8. The number of hydrogen-bond donors (Lipinski definition) is 3. The highest BCUT2D eigenvalue weighted by Gasteiger charge is 2.51. The number of hydrogen-bond acceptors (Lipinski definition) is 3. The number of carbonyl (C=O) groups excluding carboxylic acids is 2. The third-order valence-electron chi connectivity index (χ3n) is 7.78. The number of likely N-dealkylation sites (tertiary alicyclic amines) is 1. The number of fused-ring (bicyclic) bond motifs is 1. The number of nitrogens with zero attached hydrogens (tertiary/aromatic N) is 1. The van der Waals surface area contributed by atoms with Crippen LogP contribution in [0.4, 0.5) is 4.79 Å². The quantitative estimate of drug-likeness (QED) is 0.677. The van der Waals surface area contributed by atoms with Crippen molar-refractivity contribution in [3.8, 4) is 0 Å². The van der Waals surface area contributed by atoms with Gasteiger partial charge in [-0.3, -0.25) is 4.79 Å². The predicted molar refractivity (Wildman–Crippen MR) is 106 cm³/mol. The summed E-state index contributed by atoms with van der Waals surface area (Å²) >= 11 is 0. The molecule has 4 bridgehead atoms. The van der Waals surface area contributed by atoms with Crippen molar-refractivity contribution in [2.75, 3.05) is 32.7 Å². The monoisotopic (exact) mass is 396 g/mol. The first-order valence-electron chi connectivity index (χ1n) is 10.6. The highest BCUT2D eigenvalue weighted by Crippen LogP contribution is 2.55. The summed E-state index contributed by atoms with van der Waals surface area (Å²) in [6.07, 6.45) is 8.04. The van der Waals surface area contributed by atoms with Gasteiger partial charge in [0.2, 0.25) is 5.91 Å². The highest BCUT2D eigenvalue weighted by atomic mass is 35.5. The Balaban J connectivity index is 0.00000180. The Bertz CT molecular complexity index is 551. The second-order valence-corrected chi connectivity index (χ2v) is 9.81. The largest absolute Gasteiger partial charge is 0.342 e. The van der Waals surface area contributed by atoms with Gasteiger partial charge >= 0.3 is 6.03 Å². The zero-order valence-electron chi connectivity index (χ0n) is 16.0. The molecule has 0 unspecified atom stereocenters. The van der Waals surface area contributed by atoms with E-state index in [4.69, 9.17) is 0 Å². The lowest BCUT2D eigenvalue weighted by atomic mass is 9.53. The number of nitrogens with one attached hydrogen (secondary N) is 3. The van der Waals surface area contributed by atoms with Gasteiger partial charge in [0.1, 0.15) is 0 Å². The molecular formula is C20H33ClN4O2. The van der Waals surface area contributed by atoms with E-state index in [-0.39, 0.29) is 29.9 Å². The molecule has 4 saturated carbocycles. The van der Waals surface area contributed by atoms with E-state index in [0.717, 1.165) is 63.2 Å². The molecule has 0 aromatic rings. The van der Waals surface area contributed by atoms with Gasteiger partial charge in [-0.15, -0.1) is 12.4 Å². The third kappa shape index (κ3) is 3.80. The van der Waals surface area contributed by atoms with Crippen LogP contribution in [0.25, 0.3) is 0 Å². The lowest BCUT2D eigenvalue weighted by Gasteiger charge is -2.56. The molecule has 2 saturated heterocycles. The summed E-state index contributed by atoms with van der Waals surface area (Å²) in [7, 11) is 0. The maximum atomic E-state index is 12.4. The molecule has 6 nitrogen and oxygen atoms in total. The number of rotatable bonds is 4. The van der Waals surface area contributed by atoms with Crippen LogP contribution in [0.1, 0.15) is 44.9 Å². The fraction of sp³-hybridized carbons (Fsp3) is 0.900. The SMILES string of the molecule is Cl.O=C(NCCC(=O)N1C[C@H]2CNC[C@H]2C1)NC12CC3CC(CC(C3)C1)C2. The second-order valence-electron chi connectivity index (χ2n) is 9.81. The van der Waals surface area contributed by atoms with Gasteiger partial charge in [-0.05, 0) is 68.1 Å². The van der Waals surface area contributed by atoms with Crippen LogP contribution in [-0.4, -0.2) is 55.1 Å². The zero-order valence-corrected chi connectivity index (χ0v) is 16.9. The molecule has 4 aliphatic carbocycles. The Kier molecular flexibility index (Phi) is 5.32. The maximum absolute atomic E-state index is 12.4. The van der Waals surface area contributed by atoms with Crippen LogP contribution in [0, 0.1) is 29.6 Å². The van der Waals surface area contributed by atoms with E-state index >= 15 is 0 Å². The summed E-state index contributed by atoms with van der Waals surface area (Å²) in [5, 5.41) is 9.67. The maximum Gasteiger partial charge on any atom is 0.315 e. The molecule has 6 aliphatic rings. The van der Waals surface area contributed by atoms with Crippen LogP contribution in [0.5, 0.6) is 0 Å². The van der Waals surface area contributed by atoms with Crippen molar-refractivity contribution >= 4 is 24.3 Å². The third-order valence-corrected chi connectivity index (χ3v) is 7.78. The Morgan fingerprint density at radius 1 is 0.963 bits per heavy atom. The van der Waals surface area contributed by atoms with Gasteiger partial charge in [-0.2, -0.15) is 0 Å². The van der Waals surface area contributed by atoms with E-state index in [1.165, 1.54) is 19.3 Å². The van der Waals surface area contributed by atoms with Crippen LogP contribution < -0.4 is 16.0 Å². The second kappa shape index (κ2) is 7.43. The summed E-state index contributed by atoms with van der Waals surface area (Å²) < 4.78 is 0. The Labute approximate surface area is 168 Å². The van der Waals surface area contributed by atoms with E-state index < -0.39 is 0 Å². The van der Waals surface area contributed by atoms with Crippen LogP contribution in [0.15, 0.2) is 0 Å². The molecule has 2 heterocycles. The van der Waals surface area contributed by atoms with Crippen molar-refractivity contribution in [2.24, 2.45) is 29.6 Å². The molecule has 2 aliphatic heterocycles. The minimum absolute atomic E-state index is 0. The van der Waals surface area contributed by atoms with Crippen molar-refractivity contribution < 1.29 is 9.59 Å². The van der Waals surface area contributed by atoms with E-state index in [1.807, 2.05) is 4.90 Å². The summed E-state index contributed by atoms with van der Waals surface area (Å²) in [5.41, 5.74) is 0.0439. The molecule has 27 heavy (non-hydrogen) atoms. The van der Waals surface area contributed by atoms with Crippen molar-refractivity contribution in [3.63, 3.8) is 0 Å². The molecule has 2 atom stereocenters. The number of carbonyl (C=O) groups is 2. The normalized spacial score (nSPS) is 41.2. The van der Waals surface area contributed by atoms with E-state index in [9.17, 15) is 9.59 Å². The average Bonchev–Trinajstić information content (AvgIpc) is 3.14. The smallest absolute Gasteiger partial charge is 0.315 e. The molecule has 6 rings (SSSR count). The molecule has 152 valence electrons. The highest BCUT2D eigenvalue weighted by molar-refractivity contribution is 5.85. The summed E-state index contributed by atoms with van der Waals surface area (Å²) in [6.45, 7) is 4.30. The van der Waals surface area contributed by atoms with Gasteiger partial charge in [0.25, 0.3) is 0 Å². The Morgan fingerprint density at radius 3 is 2.07 bits per heavy atom. The topological polar surface area (TPSA) is 73.5 Å². The number of halogens is 1. The van der Waals surface area contributed by atoms with Gasteiger partial charge in [-0.25, -0.2) is 4.79 Å². The molecule has 3 N–H and O–H groups in total. The first-order valence-corrected chi connectivity index (χ1v) is 10.6. The molecule has 0 aromatic heterocycles. The zero-order chi connectivity index (χ0) is 17.7. The Hall–Kier alpha value is -1.01. The molecule has 3 amide bonds. The van der Waals surface area contributed by atoms with Crippen molar-refractivity contribution in [1.82, 2.24) is 20.9 Å². The fourth-order valence-electron chi connectivity index (χ4n) is 7.05. The molecule has 0 aromatic carbocycles. The van der Waals surface area contributed by atoms with Crippen LogP contribution in [-0.2, 0) is 4.79 Å². The van der Waals surface area contributed by atoms with Gasteiger partial charge < -0.3 is 20.9 Å². The Morgan fingerprint density at radius 2 is 1.52 bits per heavy atom. The lowest BCUT2D eigenvalue weighted by molar-refractivity contribution is -0.130. The minimum Gasteiger partial charge on any atom is -0.342 e. The van der Waals surface area contributed by atoms with Gasteiger partial charge in [0, 0.05) is 44.7 Å². The van der Waals surface area contributed by atoms with E-state index in [1.54, 1.807) is 0 Å². The van der Waals surface area contributed by atoms with Gasteiger partial charge in [-0.1, -0.05) is 0 Å².